The number of hydrogen-bond donors (Lipinski definition) is 0. The van der Waals surface area contributed by atoms with E-state index < -0.39 is 0 Å². The van der Waals surface area contributed by atoms with Crippen molar-refractivity contribution in [3.8, 4) is 22.3 Å². The van der Waals surface area contributed by atoms with E-state index in [-0.39, 0.29) is 11.6 Å². The molecule has 2 heteroatoms. The summed E-state index contributed by atoms with van der Waals surface area (Å²) in [4.78, 5) is 25.4. The molecule has 0 unspecified atom stereocenters. The molecule has 0 fully saturated rings. The molecule has 124 valence electrons. The molecule has 26 heavy (non-hydrogen) atoms. The molecule has 0 radical (unpaired) electrons. The van der Waals surface area contributed by atoms with Crippen molar-refractivity contribution < 1.29 is 9.59 Å². The molecule has 0 saturated heterocycles. The first-order valence-electron chi connectivity index (χ1n) is 8.72. The van der Waals surface area contributed by atoms with E-state index in [0.717, 1.165) is 43.8 Å². The third-order valence-corrected chi connectivity index (χ3v) is 5.36. The molecule has 0 atom stereocenters. The summed E-state index contributed by atoms with van der Waals surface area (Å²) in [5, 5.41) is 3.97. The lowest BCUT2D eigenvalue weighted by Gasteiger charge is -2.16. The molecule has 4 aromatic rings. The molecular weight excluding hydrogens is 320 g/mol. The Morgan fingerprint density at radius 2 is 1.08 bits per heavy atom. The van der Waals surface area contributed by atoms with Crippen LogP contribution in [0.4, 0.5) is 0 Å². The Hall–Kier alpha value is -3.26. The second-order valence-corrected chi connectivity index (χ2v) is 6.87. The smallest absolute Gasteiger partial charge is 0.161 e. The lowest BCUT2D eigenvalue weighted by molar-refractivity contribution is 0.100. The molecule has 0 heterocycles. The van der Waals surface area contributed by atoms with Crippen molar-refractivity contribution in [2.24, 2.45) is 0 Å². The summed E-state index contributed by atoms with van der Waals surface area (Å²) in [6.07, 6.45) is 0. The number of benzene rings is 4. The van der Waals surface area contributed by atoms with Crippen LogP contribution in [0.2, 0.25) is 0 Å². The predicted octanol–water partition coefficient (Wildman–Crippen LogP) is 6.05. The summed E-state index contributed by atoms with van der Waals surface area (Å²) in [5.74, 6) is 0.0507. The zero-order chi connectivity index (χ0) is 18.0. The Labute approximate surface area is 151 Å². The van der Waals surface area contributed by atoms with Gasteiger partial charge in [-0.05, 0) is 46.5 Å². The Kier molecular flexibility index (Phi) is 2.96. The van der Waals surface area contributed by atoms with Crippen LogP contribution < -0.4 is 0 Å². The van der Waals surface area contributed by atoms with Gasteiger partial charge in [0, 0.05) is 22.3 Å². The van der Waals surface area contributed by atoms with Gasteiger partial charge in [-0.1, -0.05) is 60.7 Å². The zero-order valence-electron chi connectivity index (χ0n) is 14.6. The van der Waals surface area contributed by atoms with E-state index in [1.807, 2.05) is 36.4 Å². The van der Waals surface area contributed by atoms with Crippen molar-refractivity contribution >= 4 is 33.1 Å². The molecule has 0 amide bonds. The van der Waals surface area contributed by atoms with E-state index >= 15 is 0 Å². The third kappa shape index (κ3) is 1.76. The van der Waals surface area contributed by atoms with Gasteiger partial charge in [0.2, 0.25) is 0 Å². The molecule has 0 bridgehead atoms. The van der Waals surface area contributed by atoms with Crippen LogP contribution in [-0.2, 0) is 0 Å². The first kappa shape index (κ1) is 15.0. The van der Waals surface area contributed by atoms with Gasteiger partial charge in [0.1, 0.15) is 0 Å². The highest BCUT2D eigenvalue weighted by Crippen LogP contribution is 2.52. The quantitative estimate of drug-likeness (QED) is 0.368. The number of carbonyl (C=O) groups excluding carboxylic acids is 2. The average Bonchev–Trinajstić information content (AvgIpc) is 2.95. The SMILES string of the molecule is CC(=O)c1c2c(c(C(C)=O)c3ccccc13)-c1cccc3cccc-2c13. The van der Waals surface area contributed by atoms with Gasteiger partial charge >= 0.3 is 0 Å². The molecule has 0 spiro atoms. The van der Waals surface area contributed by atoms with Gasteiger partial charge in [0.05, 0.1) is 0 Å². The summed E-state index contributed by atoms with van der Waals surface area (Å²) in [5.41, 5.74) is 5.34. The Morgan fingerprint density at radius 3 is 1.50 bits per heavy atom. The van der Waals surface area contributed by atoms with E-state index in [2.05, 4.69) is 24.3 Å². The van der Waals surface area contributed by atoms with Crippen LogP contribution in [0.1, 0.15) is 34.6 Å². The van der Waals surface area contributed by atoms with Gasteiger partial charge in [-0.2, -0.15) is 0 Å². The molecule has 4 aromatic carbocycles. The Balaban J connectivity index is 2.14. The predicted molar refractivity (Wildman–Crippen MR) is 106 cm³/mol. The van der Waals surface area contributed by atoms with Crippen LogP contribution in [0.5, 0.6) is 0 Å². The van der Waals surface area contributed by atoms with Gasteiger partial charge in [-0.15, -0.1) is 0 Å². The van der Waals surface area contributed by atoms with E-state index in [1.165, 1.54) is 0 Å². The zero-order valence-corrected chi connectivity index (χ0v) is 14.6. The van der Waals surface area contributed by atoms with E-state index in [1.54, 1.807) is 13.8 Å². The summed E-state index contributed by atoms with van der Waals surface area (Å²) in [6, 6.07) is 20.0. The van der Waals surface area contributed by atoms with Crippen LogP contribution >= 0.6 is 0 Å². The molecule has 1 aliphatic carbocycles. The van der Waals surface area contributed by atoms with Crippen molar-refractivity contribution in [2.45, 2.75) is 13.8 Å². The van der Waals surface area contributed by atoms with E-state index in [0.29, 0.717) is 11.1 Å². The van der Waals surface area contributed by atoms with E-state index in [9.17, 15) is 9.59 Å². The summed E-state index contributed by atoms with van der Waals surface area (Å²) in [7, 11) is 0. The minimum atomic E-state index is 0.0253. The fourth-order valence-corrected chi connectivity index (χ4v) is 4.47. The molecule has 0 saturated carbocycles. The average molecular weight is 336 g/mol. The summed E-state index contributed by atoms with van der Waals surface area (Å²) in [6.45, 7) is 3.22. The van der Waals surface area contributed by atoms with Crippen molar-refractivity contribution in [1.29, 1.82) is 0 Å². The van der Waals surface area contributed by atoms with Crippen LogP contribution in [0.25, 0.3) is 43.8 Å². The van der Waals surface area contributed by atoms with Crippen LogP contribution in [0.15, 0.2) is 60.7 Å². The van der Waals surface area contributed by atoms with Crippen LogP contribution in [0.3, 0.4) is 0 Å². The van der Waals surface area contributed by atoms with Gasteiger partial charge in [0.15, 0.2) is 11.6 Å². The number of ketones is 2. The number of rotatable bonds is 2. The Morgan fingerprint density at radius 1 is 0.615 bits per heavy atom. The minimum Gasteiger partial charge on any atom is -0.294 e. The van der Waals surface area contributed by atoms with Crippen molar-refractivity contribution in [3.63, 3.8) is 0 Å². The fourth-order valence-electron chi connectivity index (χ4n) is 4.47. The van der Waals surface area contributed by atoms with Crippen molar-refractivity contribution in [1.82, 2.24) is 0 Å². The normalized spacial score (nSPS) is 11.8. The van der Waals surface area contributed by atoms with Crippen LogP contribution in [0, 0.1) is 0 Å². The first-order chi connectivity index (χ1) is 12.6. The highest BCUT2D eigenvalue weighted by molar-refractivity contribution is 6.29. The number of carbonyl (C=O) groups is 2. The maximum Gasteiger partial charge on any atom is 0.161 e. The highest BCUT2D eigenvalue weighted by Gasteiger charge is 2.31. The first-order valence-corrected chi connectivity index (χ1v) is 8.72. The monoisotopic (exact) mass is 336 g/mol. The molecular formula is C24H16O2. The summed E-state index contributed by atoms with van der Waals surface area (Å²) >= 11 is 0. The highest BCUT2D eigenvalue weighted by atomic mass is 16.1. The maximum absolute atomic E-state index is 12.7. The fraction of sp³-hybridized carbons (Fsp3) is 0.0833. The third-order valence-electron chi connectivity index (χ3n) is 5.36. The lowest BCUT2D eigenvalue weighted by atomic mass is 9.85. The van der Waals surface area contributed by atoms with Crippen LogP contribution in [-0.4, -0.2) is 11.6 Å². The van der Waals surface area contributed by atoms with Crippen molar-refractivity contribution in [2.75, 3.05) is 0 Å². The molecule has 2 nitrogen and oxygen atoms in total. The molecule has 1 aliphatic rings. The standard InChI is InChI=1S/C24H16O2/c1-13(25)20-16-9-3-4-10-17(16)21(14(2)26)24-19-12-6-8-15-7-5-11-18(22(15)19)23(20)24/h3-12H,1-2H3. The van der Waals surface area contributed by atoms with Gasteiger partial charge in [-0.25, -0.2) is 0 Å². The molecule has 0 aromatic heterocycles. The number of Topliss-reactive ketones (excluding diaryl/α,β-unsaturated/α-hetero) is 2. The molecule has 0 aliphatic heterocycles. The van der Waals surface area contributed by atoms with Gasteiger partial charge in [0.25, 0.3) is 0 Å². The molecule has 5 rings (SSSR count). The topological polar surface area (TPSA) is 34.1 Å². The Bertz CT molecular complexity index is 1180. The van der Waals surface area contributed by atoms with Crippen molar-refractivity contribution in [3.05, 3.63) is 71.8 Å². The summed E-state index contributed by atoms with van der Waals surface area (Å²) < 4.78 is 0. The maximum atomic E-state index is 12.7. The largest absolute Gasteiger partial charge is 0.294 e. The minimum absolute atomic E-state index is 0.0253. The number of hydrogen-bond acceptors (Lipinski definition) is 2. The lowest BCUT2D eigenvalue weighted by Crippen LogP contribution is -2.05. The van der Waals surface area contributed by atoms with E-state index in [4.69, 9.17) is 0 Å². The van der Waals surface area contributed by atoms with Gasteiger partial charge in [-0.3, -0.25) is 9.59 Å². The number of fused-ring (bicyclic) bond motifs is 4. The molecule has 0 N–H and O–H groups in total. The van der Waals surface area contributed by atoms with Gasteiger partial charge < -0.3 is 0 Å². The second kappa shape index (κ2) is 5.12. The second-order valence-electron chi connectivity index (χ2n) is 6.87.